The van der Waals surface area contributed by atoms with Crippen LogP contribution in [0.25, 0.3) is 10.9 Å². The molecule has 0 saturated heterocycles. The average molecular weight is 408 g/mol. The maximum absolute atomic E-state index is 14.1. The first-order chi connectivity index (χ1) is 13.4. The van der Waals surface area contributed by atoms with Gasteiger partial charge in [-0.25, -0.2) is 22.5 Å². The minimum absolute atomic E-state index is 0.0550. The fraction of sp³-hybridized carbons (Fsp3) is 0.105. The predicted octanol–water partition coefficient (Wildman–Crippen LogP) is 4.43. The number of halogens is 5. The molecule has 4 nitrogen and oxygen atoms in total. The lowest BCUT2D eigenvalue weighted by atomic mass is 10.1. The number of amides is 1. The Balaban J connectivity index is 2.18. The maximum Gasteiger partial charge on any atom is 0.243 e. The number of nitrogens with zero attached hydrogens (tertiary/aromatic N) is 3. The number of para-hydroxylation sites is 1. The van der Waals surface area contributed by atoms with Gasteiger partial charge in [0.25, 0.3) is 0 Å². The first kappa shape index (κ1) is 19.6. The van der Waals surface area contributed by atoms with Gasteiger partial charge in [-0.05, 0) is 12.1 Å². The van der Waals surface area contributed by atoms with E-state index < -0.39 is 47.2 Å². The van der Waals surface area contributed by atoms with Gasteiger partial charge in [-0.1, -0.05) is 18.2 Å². The van der Waals surface area contributed by atoms with Crippen molar-refractivity contribution in [2.24, 2.45) is 0 Å². The van der Waals surface area contributed by atoms with Crippen LogP contribution in [-0.2, 0) is 11.3 Å². The van der Waals surface area contributed by atoms with E-state index in [1.54, 1.807) is 24.3 Å². The molecule has 0 N–H and O–H groups in total. The minimum Gasteiger partial charge on any atom is -0.290 e. The molecule has 1 aromatic heterocycles. The third-order valence-electron chi connectivity index (χ3n) is 4.02. The number of carbonyl (C=O) groups excluding carboxylic acids is 1. The van der Waals surface area contributed by atoms with Gasteiger partial charge in [0.2, 0.25) is 5.91 Å². The van der Waals surface area contributed by atoms with Crippen LogP contribution in [0.2, 0.25) is 0 Å². The highest BCUT2D eigenvalue weighted by Gasteiger charge is 2.26. The molecule has 0 saturated carbocycles. The Labute approximate surface area is 161 Å². The van der Waals surface area contributed by atoms with Gasteiger partial charge in [0.1, 0.15) is 17.8 Å². The van der Waals surface area contributed by atoms with E-state index in [2.05, 4.69) is 4.98 Å². The SMILES string of the molecule is N#Cc1cc2ccccc2nc1N(Cc1c(F)cc(F)c(F)c1F)C(=O)CCl. The smallest absolute Gasteiger partial charge is 0.243 e. The highest BCUT2D eigenvalue weighted by Crippen LogP contribution is 2.27. The van der Waals surface area contributed by atoms with Crippen molar-refractivity contribution in [2.45, 2.75) is 6.54 Å². The molecular weight excluding hydrogens is 398 g/mol. The summed E-state index contributed by atoms with van der Waals surface area (Å²) in [5.74, 6) is -8.35. The van der Waals surface area contributed by atoms with E-state index in [1.165, 1.54) is 6.07 Å². The third kappa shape index (κ3) is 3.49. The lowest BCUT2D eigenvalue weighted by Crippen LogP contribution is -2.33. The molecule has 142 valence electrons. The molecule has 1 heterocycles. The quantitative estimate of drug-likeness (QED) is 0.278. The molecule has 0 aliphatic heterocycles. The van der Waals surface area contributed by atoms with Gasteiger partial charge in [-0.3, -0.25) is 9.69 Å². The Kier molecular flexibility index (Phi) is 5.47. The number of nitriles is 1. The summed E-state index contributed by atoms with van der Waals surface area (Å²) in [7, 11) is 0. The third-order valence-corrected chi connectivity index (χ3v) is 4.25. The van der Waals surface area contributed by atoms with E-state index >= 15 is 0 Å². The zero-order valence-electron chi connectivity index (χ0n) is 14.0. The molecule has 0 aliphatic carbocycles. The monoisotopic (exact) mass is 407 g/mol. The summed E-state index contributed by atoms with van der Waals surface area (Å²) < 4.78 is 54.9. The summed E-state index contributed by atoms with van der Waals surface area (Å²) in [6.07, 6.45) is 0. The van der Waals surface area contributed by atoms with Crippen molar-refractivity contribution < 1.29 is 22.4 Å². The maximum atomic E-state index is 14.1. The minimum atomic E-state index is -1.87. The molecule has 9 heteroatoms. The summed E-state index contributed by atoms with van der Waals surface area (Å²) in [4.78, 5) is 17.3. The summed E-state index contributed by atoms with van der Waals surface area (Å²) in [5, 5.41) is 10.0. The summed E-state index contributed by atoms with van der Waals surface area (Å²) >= 11 is 5.59. The summed E-state index contributed by atoms with van der Waals surface area (Å²) in [5.41, 5.74) is -0.535. The van der Waals surface area contributed by atoms with Crippen molar-refractivity contribution in [2.75, 3.05) is 10.8 Å². The Morgan fingerprint density at radius 2 is 1.82 bits per heavy atom. The number of fused-ring (bicyclic) bond motifs is 1. The van der Waals surface area contributed by atoms with Crippen LogP contribution < -0.4 is 4.90 Å². The number of hydrogen-bond donors (Lipinski definition) is 0. The van der Waals surface area contributed by atoms with Crippen molar-refractivity contribution in [1.82, 2.24) is 4.98 Å². The number of pyridine rings is 1. The Hall–Kier alpha value is -3.18. The molecule has 0 atom stereocenters. The van der Waals surface area contributed by atoms with Crippen molar-refractivity contribution >= 4 is 34.2 Å². The predicted molar refractivity (Wildman–Crippen MR) is 94.6 cm³/mol. The first-order valence-corrected chi connectivity index (χ1v) is 8.39. The second-order valence-corrected chi connectivity index (χ2v) is 5.99. The number of anilines is 1. The van der Waals surface area contributed by atoms with Crippen molar-refractivity contribution in [3.8, 4) is 6.07 Å². The number of hydrogen-bond acceptors (Lipinski definition) is 3. The van der Waals surface area contributed by atoms with E-state index in [-0.39, 0.29) is 17.4 Å². The fourth-order valence-corrected chi connectivity index (χ4v) is 2.80. The van der Waals surface area contributed by atoms with Gasteiger partial charge in [-0.15, -0.1) is 11.6 Å². The van der Waals surface area contributed by atoms with E-state index in [9.17, 15) is 27.6 Å². The van der Waals surface area contributed by atoms with Crippen molar-refractivity contribution in [3.05, 3.63) is 70.8 Å². The van der Waals surface area contributed by atoms with Crippen LogP contribution in [0.15, 0.2) is 36.4 Å². The van der Waals surface area contributed by atoms with Crippen molar-refractivity contribution in [1.29, 1.82) is 5.26 Å². The summed E-state index contributed by atoms with van der Waals surface area (Å²) in [6.45, 7) is -0.833. The van der Waals surface area contributed by atoms with E-state index in [0.29, 0.717) is 10.9 Å². The van der Waals surface area contributed by atoms with Crippen LogP contribution in [0.4, 0.5) is 23.4 Å². The van der Waals surface area contributed by atoms with E-state index in [0.717, 1.165) is 4.90 Å². The zero-order chi connectivity index (χ0) is 20.4. The van der Waals surface area contributed by atoms with Crippen LogP contribution in [-0.4, -0.2) is 16.8 Å². The van der Waals surface area contributed by atoms with Gasteiger partial charge in [0, 0.05) is 17.0 Å². The largest absolute Gasteiger partial charge is 0.290 e. The molecule has 0 fully saturated rings. The number of rotatable bonds is 4. The number of aromatic nitrogens is 1. The molecule has 0 bridgehead atoms. The van der Waals surface area contributed by atoms with Crippen molar-refractivity contribution in [3.63, 3.8) is 0 Å². The summed E-state index contributed by atoms with van der Waals surface area (Å²) in [6, 6.07) is 10.2. The lowest BCUT2D eigenvalue weighted by molar-refractivity contribution is -0.116. The standard InChI is InChI=1S/C19H10ClF4N3O/c20-7-16(28)27(9-12-13(21)6-14(22)18(24)17(12)23)19-11(8-25)5-10-3-1-2-4-15(10)26-19/h1-6H,7,9H2. The fourth-order valence-electron chi connectivity index (χ4n) is 2.65. The van der Waals surface area contributed by atoms with Crippen LogP contribution in [0.5, 0.6) is 0 Å². The Bertz CT molecular complexity index is 1130. The van der Waals surface area contributed by atoms with Gasteiger partial charge in [0.05, 0.1) is 17.6 Å². The zero-order valence-corrected chi connectivity index (χ0v) is 14.8. The van der Waals surface area contributed by atoms with E-state index in [1.807, 2.05) is 6.07 Å². The first-order valence-electron chi connectivity index (χ1n) is 7.85. The highest BCUT2D eigenvalue weighted by atomic mass is 35.5. The molecule has 0 radical (unpaired) electrons. The van der Waals surface area contributed by atoms with Crippen LogP contribution in [0, 0.1) is 34.6 Å². The molecule has 28 heavy (non-hydrogen) atoms. The van der Waals surface area contributed by atoms with Gasteiger partial charge in [-0.2, -0.15) is 5.26 Å². The lowest BCUT2D eigenvalue weighted by Gasteiger charge is -2.23. The number of alkyl halides is 1. The Morgan fingerprint density at radius 3 is 2.50 bits per heavy atom. The molecule has 1 amide bonds. The average Bonchev–Trinajstić information content (AvgIpc) is 2.70. The van der Waals surface area contributed by atoms with Gasteiger partial charge >= 0.3 is 0 Å². The number of benzene rings is 2. The van der Waals surface area contributed by atoms with Crippen LogP contribution in [0.1, 0.15) is 11.1 Å². The molecule has 0 aliphatic rings. The van der Waals surface area contributed by atoms with Crippen LogP contribution >= 0.6 is 11.6 Å². The van der Waals surface area contributed by atoms with Gasteiger partial charge in [0.15, 0.2) is 23.3 Å². The van der Waals surface area contributed by atoms with Crippen LogP contribution in [0.3, 0.4) is 0 Å². The van der Waals surface area contributed by atoms with Gasteiger partial charge < -0.3 is 0 Å². The molecule has 2 aromatic carbocycles. The molecular formula is C19H10ClF4N3O. The second kappa shape index (κ2) is 7.82. The molecule has 0 unspecified atom stereocenters. The van der Waals surface area contributed by atoms with E-state index in [4.69, 9.17) is 11.6 Å². The molecule has 3 aromatic rings. The molecule has 0 spiro atoms. The topological polar surface area (TPSA) is 57.0 Å². The Morgan fingerprint density at radius 1 is 1.11 bits per heavy atom. The highest BCUT2D eigenvalue weighted by molar-refractivity contribution is 6.29. The number of carbonyl (C=O) groups is 1. The molecule has 3 rings (SSSR count). The normalized spacial score (nSPS) is 10.7. The second-order valence-electron chi connectivity index (χ2n) is 5.72.